The van der Waals surface area contributed by atoms with E-state index < -0.39 is 57.7 Å². The second kappa shape index (κ2) is 34.6. The number of carboxylic acids is 1. The van der Waals surface area contributed by atoms with Gasteiger partial charge in [0, 0.05) is 12.8 Å². The summed E-state index contributed by atoms with van der Waals surface area (Å²) in [6.07, 6.45) is 43.9. The van der Waals surface area contributed by atoms with E-state index in [1.165, 1.54) is 19.3 Å². The third-order valence-corrected chi connectivity index (χ3v) is 9.50. The number of carbonyl (C=O) groups excluding carboxylic acids is 2. The highest BCUT2D eigenvalue weighted by Gasteiger charge is 2.37. The Morgan fingerprint density at radius 3 is 1.77 bits per heavy atom. The Morgan fingerprint density at radius 1 is 0.667 bits per heavy atom. The van der Waals surface area contributed by atoms with Crippen molar-refractivity contribution in [1.29, 1.82) is 0 Å². The molecule has 1 fully saturated rings. The fourth-order valence-corrected chi connectivity index (χ4v) is 5.98. The van der Waals surface area contributed by atoms with Gasteiger partial charge in [-0.1, -0.05) is 112 Å². The summed E-state index contributed by atoms with van der Waals surface area (Å²) >= 11 is 0. The number of epoxide rings is 1. The molecule has 1 heterocycles. The maximum absolute atomic E-state index is 12.7. The highest BCUT2D eigenvalue weighted by molar-refractivity contribution is 7.47. The fourth-order valence-electron chi connectivity index (χ4n) is 5.20. The second-order valence-corrected chi connectivity index (χ2v) is 15.2. The van der Waals surface area contributed by atoms with E-state index in [4.69, 9.17) is 29.6 Å². The van der Waals surface area contributed by atoms with E-state index >= 15 is 0 Å². The van der Waals surface area contributed by atoms with Crippen molar-refractivity contribution in [3.63, 3.8) is 0 Å². The maximum Gasteiger partial charge on any atom is 0.472 e. The molecule has 0 aromatic rings. The molecular weight excluding hydrogens is 749 g/mol. The van der Waals surface area contributed by atoms with Crippen LogP contribution in [0.3, 0.4) is 0 Å². The zero-order chi connectivity index (χ0) is 41.8. The van der Waals surface area contributed by atoms with Crippen LogP contribution in [0.25, 0.3) is 0 Å². The van der Waals surface area contributed by atoms with Crippen LogP contribution in [0.2, 0.25) is 0 Å². The normalized spacial score (nSPS) is 18.2. The highest BCUT2D eigenvalue weighted by atomic mass is 31.2. The number of allylic oxidation sites excluding steroid dienone is 13. The third-order valence-electron chi connectivity index (χ3n) is 8.55. The number of hydrogen-bond donors (Lipinski definition) is 3. The highest BCUT2D eigenvalue weighted by Crippen LogP contribution is 2.43. The van der Waals surface area contributed by atoms with E-state index in [9.17, 15) is 23.8 Å². The van der Waals surface area contributed by atoms with Gasteiger partial charge >= 0.3 is 25.7 Å². The molecule has 0 aromatic carbocycles. The van der Waals surface area contributed by atoms with Gasteiger partial charge in [0.05, 0.1) is 25.4 Å². The summed E-state index contributed by atoms with van der Waals surface area (Å²) in [5.74, 6) is -2.53. The number of phosphoric ester groups is 1. The van der Waals surface area contributed by atoms with E-state index in [0.29, 0.717) is 19.3 Å². The first-order chi connectivity index (χ1) is 27.6. The number of ether oxygens (including phenoxy) is 3. The molecule has 0 amide bonds. The summed E-state index contributed by atoms with van der Waals surface area (Å²) in [7, 11) is -4.75. The van der Waals surface area contributed by atoms with Crippen LogP contribution in [0.5, 0.6) is 0 Å². The predicted octanol–water partition coefficient (Wildman–Crippen LogP) is 9.71. The maximum atomic E-state index is 12.7. The Morgan fingerprint density at radius 2 is 1.19 bits per heavy atom. The average molecular weight is 820 g/mol. The molecule has 0 radical (unpaired) electrons. The van der Waals surface area contributed by atoms with Gasteiger partial charge in [-0.05, 0) is 89.9 Å². The third kappa shape index (κ3) is 32.3. The van der Waals surface area contributed by atoms with Gasteiger partial charge in [0.25, 0.3) is 0 Å². The van der Waals surface area contributed by atoms with Crippen molar-refractivity contribution in [1.82, 2.24) is 0 Å². The first kappa shape index (κ1) is 51.6. The first-order valence-electron chi connectivity index (χ1n) is 20.7. The standard InChI is InChI=1S/C44H70NO11P/c1-3-5-7-9-11-13-15-17-18-19-21-23-25-27-29-33-42(46)52-35-38(36-53-57(50,51)54-37-39(45)44(48)49)55-43(47)34-30-32-41-40(56-41)31-28-26-24-22-20-16-14-12-10-8-6-4-2/h5,7,11-14,17-18,20-23,26,28,38-41H,3-4,6,8-10,15-16,19,24-25,27,29-37,45H2,1-2H3,(H,48,49)(H,50,51)/b7-5-,13-11-,14-12-,18-17-,22-20-,23-21-,28-26-/t38-,39+,40?,41?/m1/s1. The van der Waals surface area contributed by atoms with Crippen molar-refractivity contribution >= 4 is 25.7 Å². The quantitative estimate of drug-likeness (QED) is 0.0179. The molecule has 13 heteroatoms. The van der Waals surface area contributed by atoms with Crippen LogP contribution in [0.1, 0.15) is 129 Å². The monoisotopic (exact) mass is 819 g/mol. The van der Waals surface area contributed by atoms with Gasteiger partial charge in [-0.25, -0.2) is 4.57 Å². The van der Waals surface area contributed by atoms with Crippen LogP contribution in [0.4, 0.5) is 0 Å². The largest absolute Gasteiger partial charge is 0.480 e. The molecule has 0 spiro atoms. The Labute approximate surface area is 341 Å². The molecule has 1 saturated heterocycles. The molecule has 57 heavy (non-hydrogen) atoms. The number of carbonyl (C=O) groups is 3. The molecule has 0 aromatic heterocycles. The number of esters is 2. The van der Waals surface area contributed by atoms with Crippen LogP contribution in [0, 0.1) is 0 Å². The van der Waals surface area contributed by atoms with Crippen molar-refractivity contribution in [3.8, 4) is 0 Å². The lowest BCUT2D eigenvalue weighted by Gasteiger charge is -2.20. The van der Waals surface area contributed by atoms with E-state index in [2.05, 4.69) is 103 Å². The van der Waals surface area contributed by atoms with Crippen LogP contribution in [0.15, 0.2) is 85.1 Å². The average Bonchev–Trinajstić information content (AvgIpc) is 3.94. The lowest BCUT2D eigenvalue weighted by atomic mass is 10.1. The lowest BCUT2D eigenvalue weighted by molar-refractivity contribution is -0.161. The van der Waals surface area contributed by atoms with Crippen molar-refractivity contribution in [2.75, 3.05) is 19.8 Å². The molecule has 4 N–H and O–H groups in total. The summed E-state index contributed by atoms with van der Waals surface area (Å²) < 4.78 is 38.4. The van der Waals surface area contributed by atoms with E-state index in [-0.39, 0.29) is 25.0 Å². The molecule has 1 aliphatic heterocycles. The van der Waals surface area contributed by atoms with E-state index in [1.54, 1.807) is 0 Å². The Balaban J connectivity index is 2.41. The molecule has 1 rings (SSSR count). The number of hydrogen-bond acceptors (Lipinski definition) is 10. The molecule has 322 valence electrons. The summed E-state index contributed by atoms with van der Waals surface area (Å²) in [6, 6.07) is -1.54. The van der Waals surface area contributed by atoms with Crippen LogP contribution in [-0.4, -0.2) is 72.1 Å². The summed E-state index contributed by atoms with van der Waals surface area (Å²) in [6.45, 7) is 2.51. The molecule has 5 atom stereocenters. The summed E-state index contributed by atoms with van der Waals surface area (Å²) in [4.78, 5) is 46.0. The van der Waals surface area contributed by atoms with Gasteiger partial charge in [0.15, 0.2) is 6.10 Å². The van der Waals surface area contributed by atoms with Crippen molar-refractivity contribution in [2.24, 2.45) is 5.73 Å². The molecule has 3 unspecified atom stereocenters. The predicted molar refractivity (Wildman–Crippen MR) is 225 cm³/mol. The zero-order valence-electron chi connectivity index (χ0n) is 34.3. The van der Waals surface area contributed by atoms with Gasteiger partial charge in [0.1, 0.15) is 12.6 Å². The topological polar surface area (TPSA) is 184 Å². The smallest absolute Gasteiger partial charge is 0.472 e. The Kier molecular flexibility index (Phi) is 31.4. The van der Waals surface area contributed by atoms with E-state index in [1.807, 2.05) is 0 Å². The van der Waals surface area contributed by atoms with Gasteiger partial charge in [0.2, 0.25) is 0 Å². The SMILES string of the molecule is CC/C=C\C/C=C\C/C=C\C/C=C\CCCCC(=O)OC[C@H](COP(=O)(O)OC[C@H](N)C(=O)O)OC(=O)CCCC1OC1C/C=C\C/C=C\C/C=C\CCCCC. The summed E-state index contributed by atoms with van der Waals surface area (Å²) in [5, 5.41) is 8.89. The minimum atomic E-state index is -4.75. The van der Waals surface area contributed by atoms with Gasteiger partial charge < -0.3 is 29.9 Å². The fraction of sp³-hybridized carbons (Fsp3) is 0.614. The number of unbranched alkanes of at least 4 members (excludes halogenated alkanes) is 5. The number of carboxylic acid groups (broad SMARTS) is 1. The van der Waals surface area contributed by atoms with Crippen molar-refractivity contribution in [3.05, 3.63) is 85.1 Å². The van der Waals surface area contributed by atoms with E-state index in [0.717, 1.165) is 64.2 Å². The lowest BCUT2D eigenvalue weighted by Crippen LogP contribution is -2.34. The zero-order valence-corrected chi connectivity index (χ0v) is 35.2. The van der Waals surface area contributed by atoms with Gasteiger partial charge in [-0.2, -0.15) is 0 Å². The first-order valence-corrected chi connectivity index (χ1v) is 22.2. The number of phosphoric acid groups is 1. The Hall–Kier alpha value is -3.38. The number of nitrogens with two attached hydrogens (primary N) is 1. The number of aliphatic carboxylic acids is 1. The molecule has 1 aliphatic rings. The molecule has 0 saturated carbocycles. The van der Waals surface area contributed by atoms with Gasteiger partial charge in [-0.15, -0.1) is 0 Å². The molecular formula is C44H70NO11P. The van der Waals surface area contributed by atoms with Crippen LogP contribution in [-0.2, 0) is 42.2 Å². The Bertz CT molecular complexity index is 1350. The molecule has 12 nitrogen and oxygen atoms in total. The minimum absolute atomic E-state index is 0.0583. The summed E-state index contributed by atoms with van der Waals surface area (Å²) in [5.41, 5.74) is 5.32. The van der Waals surface area contributed by atoms with Crippen molar-refractivity contribution < 1.29 is 52.2 Å². The number of rotatable bonds is 36. The second-order valence-electron chi connectivity index (χ2n) is 13.8. The minimum Gasteiger partial charge on any atom is -0.480 e. The van der Waals surface area contributed by atoms with Crippen LogP contribution < -0.4 is 5.73 Å². The molecule has 0 aliphatic carbocycles. The van der Waals surface area contributed by atoms with Crippen molar-refractivity contribution in [2.45, 2.75) is 154 Å². The van der Waals surface area contributed by atoms with Gasteiger partial charge in [-0.3, -0.25) is 23.4 Å². The molecule has 0 bridgehead atoms. The van der Waals surface area contributed by atoms with Crippen LogP contribution >= 0.6 is 7.82 Å².